The Morgan fingerprint density at radius 2 is 1.95 bits per heavy atom. The number of rotatable bonds is 6. The topological polar surface area (TPSA) is 78.9 Å². The minimum Gasteiger partial charge on any atom is -0.480 e. The maximum atomic E-state index is 12.1. The number of carbonyl (C=O) groups is 2. The highest BCUT2D eigenvalue weighted by molar-refractivity contribution is 5.85. The zero-order valence-electron chi connectivity index (χ0n) is 12.1. The number of hydrogen-bond donors (Lipinski definition) is 2. The molecule has 0 spiro atoms. The summed E-state index contributed by atoms with van der Waals surface area (Å²) in [5.41, 5.74) is -1.21. The van der Waals surface area contributed by atoms with Crippen LogP contribution in [0.3, 0.4) is 0 Å². The molecule has 0 heterocycles. The van der Waals surface area contributed by atoms with Crippen LogP contribution in [0.4, 0.5) is 4.79 Å². The lowest BCUT2D eigenvalue weighted by Crippen LogP contribution is -2.59. The van der Waals surface area contributed by atoms with Crippen LogP contribution < -0.4 is 5.32 Å². The number of urea groups is 1. The van der Waals surface area contributed by atoms with Gasteiger partial charge < -0.3 is 20.1 Å². The summed E-state index contributed by atoms with van der Waals surface area (Å²) in [6.07, 6.45) is 1.81. The lowest BCUT2D eigenvalue weighted by atomic mass is 9.89. The lowest BCUT2D eigenvalue weighted by Gasteiger charge is -2.39. The fourth-order valence-electron chi connectivity index (χ4n) is 2.22. The maximum Gasteiger partial charge on any atom is 0.329 e. The molecule has 1 aliphatic carbocycles. The number of hydrogen-bond acceptors (Lipinski definition) is 3. The van der Waals surface area contributed by atoms with Gasteiger partial charge >= 0.3 is 12.0 Å². The van der Waals surface area contributed by atoms with Gasteiger partial charge in [0.05, 0.1) is 6.10 Å². The highest BCUT2D eigenvalue weighted by atomic mass is 16.5. The monoisotopic (exact) mass is 272 g/mol. The number of amides is 2. The van der Waals surface area contributed by atoms with E-state index in [0.717, 1.165) is 12.8 Å². The van der Waals surface area contributed by atoms with Crippen molar-refractivity contribution in [1.82, 2.24) is 10.2 Å². The van der Waals surface area contributed by atoms with E-state index >= 15 is 0 Å². The smallest absolute Gasteiger partial charge is 0.329 e. The third-order valence-corrected chi connectivity index (χ3v) is 3.58. The molecule has 2 amide bonds. The molecule has 0 bridgehead atoms. The highest BCUT2D eigenvalue weighted by Gasteiger charge is 2.39. The second-order valence-electron chi connectivity index (χ2n) is 5.30. The van der Waals surface area contributed by atoms with Gasteiger partial charge in [0.15, 0.2) is 0 Å². The van der Waals surface area contributed by atoms with Crippen molar-refractivity contribution in [2.75, 3.05) is 13.2 Å². The van der Waals surface area contributed by atoms with Crippen LogP contribution in [0.5, 0.6) is 0 Å². The summed E-state index contributed by atoms with van der Waals surface area (Å²) in [6.45, 7) is 7.81. The summed E-state index contributed by atoms with van der Waals surface area (Å²) in [5.74, 6) is -1.01. The number of likely N-dealkylation sites (N-methyl/N-ethyl adjacent to an activating group) is 1. The summed E-state index contributed by atoms with van der Waals surface area (Å²) in [5, 5.41) is 12.0. The Balaban J connectivity index is 2.50. The molecule has 6 nitrogen and oxygen atoms in total. The van der Waals surface area contributed by atoms with Crippen molar-refractivity contribution in [2.45, 2.75) is 58.2 Å². The highest BCUT2D eigenvalue weighted by Crippen LogP contribution is 2.24. The molecule has 0 saturated heterocycles. The quantitative estimate of drug-likeness (QED) is 0.767. The second-order valence-corrected chi connectivity index (χ2v) is 5.30. The molecule has 0 atom stereocenters. The molecule has 0 unspecified atom stereocenters. The SMILES string of the molecule is CCOC1CC(NC(=O)N(CC)C(C)(C)C(=O)O)C1. The normalized spacial score (nSPS) is 22.5. The van der Waals surface area contributed by atoms with Gasteiger partial charge in [-0.1, -0.05) is 0 Å². The van der Waals surface area contributed by atoms with Gasteiger partial charge in [0.25, 0.3) is 0 Å². The van der Waals surface area contributed by atoms with E-state index in [1.54, 1.807) is 6.92 Å². The average molecular weight is 272 g/mol. The van der Waals surface area contributed by atoms with Crippen molar-refractivity contribution in [2.24, 2.45) is 0 Å². The van der Waals surface area contributed by atoms with Crippen LogP contribution in [0.15, 0.2) is 0 Å². The zero-order chi connectivity index (χ0) is 14.6. The Kier molecular flexibility index (Phi) is 5.17. The molecule has 1 fully saturated rings. The first-order valence-electron chi connectivity index (χ1n) is 6.76. The van der Waals surface area contributed by atoms with E-state index in [9.17, 15) is 9.59 Å². The lowest BCUT2D eigenvalue weighted by molar-refractivity contribution is -0.147. The fraction of sp³-hybridized carbons (Fsp3) is 0.846. The Labute approximate surface area is 114 Å². The summed E-state index contributed by atoms with van der Waals surface area (Å²) in [6, 6.07) is -0.238. The van der Waals surface area contributed by atoms with Crippen LogP contribution in [-0.4, -0.2) is 52.8 Å². The van der Waals surface area contributed by atoms with Gasteiger partial charge in [-0.2, -0.15) is 0 Å². The number of carboxylic acid groups (broad SMARTS) is 1. The fourth-order valence-corrected chi connectivity index (χ4v) is 2.22. The molecule has 0 aromatic carbocycles. The molecule has 6 heteroatoms. The number of nitrogens with zero attached hydrogens (tertiary/aromatic N) is 1. The molecule has 0 aromatic rings. The summed E-state index contributed by atoms with van der Waals surface area (Å²) in [7, 11) is 0. The predicted octanol–water partition coefficient (Wildman–Crippen LogP) is 1.45. The first-order chi connectivity index (χ1) is 8.82. The Morgan fingerprint density at radius 1 is 1.37 bits per heavy atom. The van der Waals surface area contributed by atoms with Gasteiger partial charge in [0.2, 0.25) is 0 Å². The zero-order valence-corrected chi connectivity index (χ0v) is 12.1. The largest absolute Gasteiger partial charge is 0.480 e. The third-order valence-electron chi connectivity index (χ3n) is 3.58. The van der Waals surface area contributed by atoms with Gasteiger partial charge in [0, 0.05) is 19.2 Å². The molecule has 2 N–H and O–H groups in total. The van der Waals surface area contributed by atoms with E-state index in [0.29, 0.717) is 13.2 Å². The van der Waals surface area contributed by atoms with Crippen LogP contribution in [0.25, 0.3) is 0 Å². The summed E-state index contributed by atoms with van der Waals surface area (Å²) < 4.78 is 5.42. The molecule has 1 rings (SSSR count). The first kappa shape index (κ1) is 15.8. The van der Waals surface area contributed by atoms with Crippen LogP contribution in [0.2, 0.25) is 0 Å². The van der Waals surface area contributed by atoms with Crippen molar-refractivity contribution in [1.29, 1.82) is 0 Å². The molecule has 1 aliphatic rings. The Bertz CT molecular complexity index is 338. The Morgan fingerprint density at radius 3 is 2.37 bits per heavy atom. The number of nitrogens with one attached hydrogen (secondary N) is 1. The molecule has 19 heavy (non-hydrogen) atoms. The third kappa shape index (κ3) is 3.59. The van der Waals surface area contributed by atoms with E-state index in [4.69, 9.17) is 9.84 Å². The van der Waals surface area contributed by atoms with Crippen LogP contribution >= 0.6 is 0 Å². The van der Waals surface area contributed by atoms with Crippen molar-refractivity contribution in [3.63, 3.8) is 0 Å². The van der Waals surface area contributed by atoms with E-state index in [2.05, 4.69) is 5.32 Å². The molecule has 110 valence electrons. The second kappa shape index (κ2) is 6.23. The van der Waals surface area contributed by atoms with Crippen molar-refractivity contribution < 1.29 is 19.4 Å². The maximum absolute atomic E-state index is 12.1. The van der Waals surface area contributed by atoms with Crippen molar-refractivity contribution in [3.8, 4) is 0 Å². The van der Waals surface area contributed by atoms with E-state index in [1.807, 2.05) is 6.92 Å². The summed E-state index contributed by atoms with van der Waals surface area (Å²) >= 11 is 0. The van der Waals surface area contributed by atoms with E-state index < -0.39 is 11.5 Å². The molecule has 0 aromatic heterocycles. The number of carboxylic acids is 1. The van der Waals surface area contributed by atoms with Crippen LogP contribution in [0, 0.1) is 0 Å². The summed E-state index contributed by atoms with van der Waals surface area (Å²) in [4.78, 5) is 24.6. The number of ether oxygens (including phenoxy) is 1. The van der Waals surface area contributed by atoms with Crippen LogP contribution in [-0.2, 0) is 9.53 Å². The van der Waals surface area contributed by atoms with Gasteiger partial charge in [-0.15, -0.1) is 0 Å². The average Bonchev–Trinajstić information content (AvgIpc) is 2.26. The van der Waals surface area contributed by atoms with Crippen molar-refractivity contribution >= 4 is 12.0 Å². The molecule has 1 saturated carbocycles. The number of aliphatic carboxylic acids is 1. The first-order valence-corrected chi connectivity index (χ1v) is 6.76. The molecule has 0 aliphatic heterocycles. The van der Waals surface area contributed by atoms with Gasteiger partial charge in [-0.3, -0.25) is 0 Å². The Hall–Kier alpha value is -1.30. The van der Waals surface area contributed by atoms with Gasteiger partial charge in [-0.25, -0.2) is 9.59 Å². The van der Waals surface area contributed by atoms with Gasteiger partial charge in [0.1, 0.15) is 5.54 Å². The van der Waals surface area contributed by atoms with E-state index in [-0.39, 0.29) is 18.2 Å². The minimum absolute atomic E-state index is 0.0858. The predicted molar refractivity (Wildman–Crippen MR) is 71.1 cm³/mol. The molecular weight excluding hydrogens is 248 g/mol. The number of carbonyl (C=O) groups excluding carboxylic acids is 1. The van der Waals surface area contributed by atoms with Crippen LogP contribution in [0.1, 0.15) is 40.5 Å². The minimum atomic E-state index is -1.21. The van der Waals surface area contributed by atoms with E-state index in [1.165, 1.54) is 18.7 Å². The standard InChI is InChI=1S/C13H24N2O4/c1-5-15(13(3,4)11(16)17)12(18)14-9-7-10(8-9)19-6-2/h9-10H,5-8H2,1-4H3,(H,14,18)(H,16,17). The molecular formula is C13H24N2O4. The van der Waals surface area contributed by atoms with Gasteiger partial charge in [-0.05, 0) is 40.5 Å². The molecule has 0 radical (unpaired) electrons. The van der Waals surface area contributed by atoms with Crippen molar-refractivity contribution in [3.05, 3.63) is 0 Å².